The summed E-state index contributed by atoms with van der Waals surface area (Å²) in [7, 11) is 0. The van der Waals surface area contributed by atoms with Crippen LogP contribution in [-0.2, 0) is 9.53 Å². The highest BCUT2D eigenvalue weighted by molar-refractivity contribution is 7.99. The summed E-state index contributed by atoms with van der Waals surface area (Å²) in [4.78, 5) is 13.8. The quantitative estimate of drug-likeness (QED) is 0.0732. The van der Waals surface area contributed by atoms with Gasteiger partial charge in [0.25, 0.3) is 0 Å². The van der Waals surface area contributed by atoms with Gasteiger partial charge in [-0.15, -0.1) is 24.4 Å². The molecule has 43 heavy (non-hydrogen) atoms. The molecular weight excluding hydrogens is 593 g/mol. The maximum absolute atomic E-state index is 13.4. The SMILES string of the molecule is CCCCC(CC)COC(=O)CCSc1ccc(-c2ccc(F)c(F)c2)cc1.Fc1ccc(-c2ccc(S)cc2)cc1F. The topological polar surface area (TPSA) is 26.3 Å². The molecule has 0 aliphatic carbocycles. The molecule has 0 saturated heterocycles. The van der Waals surface area contributed by atoms with E-state index in [4.69, 9.17) is 4.74 Å². The smallest absolute Gasteiger partial charge is 0.306 e. The summed E-state index contributed by atoms with van der Waals surface area (Å²) >= 11 is 5.72. The first-order valence-corrected chi connectivity index (χ1v) is 15.7. The normalized spacial score (nSPS) is 11.4. The van der Waals surface area contributed by atoms with E-state index in [1.165, 1.54) is 18.6 Å². The fourth-order valence-corrected chi connectivity index (χ4v) is 5.16. The number of thiol groups is 1. The van der Waals surface area contributed by atoms with Gasteiger partial charge in [-0.3, -0.25) is 4.79 Å². The van der Waals surface area contributed by atoms with Crippen LogP contribution in [0.15, 0.2) is 94.7 Å². The molecule has 1 atom stereocenters. The van der Waals surface area contributed by atoms with Gasteiger partial charge in [0.05, 0.1) is 13.0 Å². The third-order valence-corrected chi connectivity index (χ3v) is 8.14. The van der Waals surface area contributed by atoms with Crippen molar-refractivity contribution in [2.24, 2.45) is 5.92 Å². The average molecular weight is 629 g/mol. The zero-order chi connectivity index (χ0) is 31.2. The number of rotatable bonds is 12. The Morgan fingerprint density at radius 3 is 1.74 bits per heavy atom. The first-order chi connectivity index (χ1) is 20.7. The fourth-order valence-electron chi connectivity index (χ4n) is 4.18. The Bertz CT molecular complexity index is 1440. The zero-order valence-corrected chi connectivity index (χ0v) is 26.0. The summed E-state index contributed by atoms with van der Waals surface area (Å²) in [5.74, 6) is -2.41. The minimum Gasteiger partial charge on any atom is -0.465 e. The largest absolute Gasteiger partial charge is 0.465 e. The van der Waals surface area contributed by atoms with Gasteiger partial charge < -0.3 is 4.74 Å². The van der Waals surface area contributed by atoms with Crippen molar-refractivity contribution in [2.75, 3.05) is 12.4 Å². The monoisotopic (exact) mass is 628 g/mol. The fraction of sp³-hybridized carbons (Fsp3) is 0.286. The van der Waals surface area contributed by atoms with Gasteiger partial charge in [0.1, 0.15) is 0 Å². The molecule has 2 nitrogen and oxygen atoms in total. The van der Waals surface area contributed by atoms with Crippen molar-refractivity contribution >= 4 is 30.4 Å². The van der Waals surface area contributed by atoms with E-state index >= 15 is 0 Å². The van der Waals surface area contributed by atoms with Gasteiger partial charge >= 0.3 is 5.97 Å². The van der Waals surface area contributed by atoms with E-state index in [0.29, 0.717) is 35.8 Å². The molecule has 4 rings (SSSR count). The molecule has 0 amide bonds. The molecule has 0 aromatic heterocycles. The number of halogens is 4. The molecule has 4 aromatic rings. The van der Waals surface area contributed by atoms with Crippen LogP contribution in [0, 0.1) is 29.2 Å². The first kappa shape index (κ1) is 34.3. The van der Waals surface area contributed by atoms with Crippen LogP contribution in [0.1, 0.15) is 46.0 Å². The molecule has 0 spiro atoms. The minimum atomic E-state index is -0.852. The summed E-state index contributed by atoms with van der Waals surface area (Å²) in [5, 5.41) is 0. The second kappa shape index (κ2) is 17.8. The Kier molecular flexibility index (Phi) is 14.2. The molecule has 228 valence electrons. The summed E-state index contributed by atoms with van der Waals surface area (Å²) in [6.07, 6.45) is 4.86. The summed E-state index contributed by atoms with van der Waals surface area (Å²) in [6.45, 7) is 4.82. The second-order valence-electron chi connectivity index (χ2n) is 10.0. The molecule has 8 heteroatoms. The molecule has 0 radical (unpaired) electrons. The van der Waals surface area contributed by atoms with Crippen molar-refractivity contribution in [1.82, 2.24) is 0 Å². The molecule has 0 N–H and O–H groups in total. The van der Waals surface area contributed by atoms with E-state index in [1.807, 2.05) is 36.4 Å². The van der Waals surface area contributed by atoms with Crippen LogP contribution in [0.4, 0.5) is 17.6 Å². The van der Waals surface area contributed by atoms with E-state index in [0.717, 1.165) is 52.3 Å². The number of carbonyl (C=O) groups excluding carboxylic acids is 1. The van der Waals surface area contributed by atoms with Crippen molar-refractivity contribution < 1.29 is 27.1 Å². The van der Waals surface area contributed by atoms with Crippen LogP contribution in [0.5, 0.6) is 0 Å². The number of esters is 1. The van der Waals surface area contributed by atoms with Crippen molar-refractivity contribution in [3.63, 3.8) is 0 Å². The zero-order valence-electron chi connectivity index (χ0n) is 24.3. The Hall–Kier alpha value is -3.23. The number of hydrogen-bond acceptors (Lipinski definition) is 4. The van der Waals surface area contributed by atoms with Crippen molar-refractivity contribution in [2.45, 2.75) is 55.7 Å². The number of unbranched alkanes of at least 4 members (excludes halogenated alkanes) is 1. The van der Waals surface area contributed by atoms with Crippen LogP contribution in [0.2, 0.25) is 0 Å². The molecule has 1 unspecified atom stereocenters. The van der Waals surface area contributed by atoms with Gasteiger partial charge in [0, 0.05) is 15.5 Å². The van der Waals surface area contributed by atoms with Crippen LogP contribution in [-0.4, -0.2) is 18.3 Å². The van der Waals surface area contributed by atoms with Crippen LogP contribution < -0.4 is 0 Å². The summed E-state index contributed by atoms with van der Waals surface area (Å²) in [5.41, 5.74) is 2.95. The van der Waals surface area contributed by atoms with Crippen molar-refractivity contribution in [3.8, 4) is 22.3 Å². The number of benzene rings is 4. The molecule has 0 aliphatic rings. The predicted octanol–water partition coefficient (Wildman–Crippen LogP) is 10.8. The molecule has 0 fully saturated rings. The molecule has 0 saturated carbocycles. The maximum atomic E-state index is 13.4. The van der Waals surface area contributed by atoms with Crippen LogP contribution >= 0.6 is 24.4 Å². The van der Waals surface area contributed by atoms with Gasteiger partial charge in [0.15, 0.2) is 23.3 Å². The first-order valence-electron chi connectivity index (χ1n) is 14.3. The third kappa shape index (κ3) is 11.4. The molecule has 0 aliphatic heterocycles. The Labute approximate surface area is 261 Å². The Morgan fingerprint density at radius 2 is 1.26 bits per heavy atom. The third-order valence-electron chi connectivity index (χ3n) is 6.83. The predicted molar refractivity (Wildman–Crippen MR) is 170 cm³/mol. The number of ether oxygens (including phenoxy) is 1. The lowest BCUT2D eigenvalue weighted by Crippen LogP contribution is -2.14. The Morgan fingerprint density at radius 1 is 0.744 bits per heavy atom. The van der Waals surface area contributed by atoms with Crippen molar-refractivity contribution in [3.05, 3.63) is 108 Å². The highest BCUT2D eigenvalue weighted by Crippen LogP contribution is 2.26. The molecular formula is C35H36F4O2S2. The van der Waals surface area contributed by atoms with Crippen LogP contribution in [0.3, 0.4) is 0 Å². The van der Waals surface area contributed by atoms with Crippen LogP contribution in [0.25, 0.3) is 22.3 Å². The lowest BCUT2D eigenvalue weighted by molar-refractivity contribution is -0.144. The van der Waals surface area contributed by atoms with E-state index < -0.39 is 23.3 Å². The average Bonchev–Trinajstić information content (AvgIpc) is 3.01. The van der Waals surface area contributed by atoms with E-state index in [2.05, 4.69) is 26.5 Å². The maximum Gasteiger partial charge on any atom is 0.306 e. The van der Waals surface area contributed by atoms with E-state index in [-0.39, 0.29) is 5.97 Å². The number of thioether (sulfide) groups is 1. The molecule has 0 bridgehead atoms. The van der Waals surface area contributed by atoms with Gasteiger partial charge in [-0.1, -0.05) is 69.5 Å². The number of hydrogen-bond donors (Lipinski definition) is 1. The van der Waals surface area contributed by atoms with Gasteiger partial charge in [-0.05, 0) is 83.1 Å². The van der Waals surface area contributed by atoms with Crippen molar-refractivity contribution in [1.29, 1.82) is 0 Å². The van der Waals surface area contributed by atoms with E-state index in [9.17, 15) is 22.4 Å². The lowest BCUT2D eigenvalue weighted by atomic mass is 10.0. The minimum absolute atomic E-state index is 0.152. The lowest BCUT2D eigenvalue weighted by Gasteiger charge is -2.14. The summed E-state index contributed by atoms with van der Waals surface area (Å²) in [6, 6.07) is 22.6. The van der Waals surface area contributed by atoms with Gasteiger partial charge in [0.2, 0.25) is 0 Å². The summed E-state index contributed by atoms with van der Waals surface area (Å²) < 4.78 is 57.5. The highest BCUT2D eigenvalue weighted by atomic mass is 32.2. The van der Waals surface area contributed by atoms with Gasteiger partial charge in [-0.25, -0.2) is 17.6 Å². The molecule has 4 aromatic carbocycles. The Balaban J connectivity index is 0.000000282. The number of carbonyl (C=O) groups is 1. The van der Waals surface area contributed by atoms with E-state index in [1.54, 1.807) is 36.0 Å². The van der Waals surface area contributed by atoms with Gasteiger partial charge in [-0.2, -0.15) is 0 Å². The molecule has 0 heterocycles. The standard InChI is InChI=1S/C23H28F2O2S.C12H8F2S/c1-3-5-6-17(4-2)16-27-23(26)13-14-28-20-10-7-18(8-11-20)19-9-12-21(24)22(25)15-19;13-11-6-3-9(7-12(11)14)8-1-4-10(15)5-2-8/h7-12,15,17H,3-6,13-14,16H2,1-2H3;1-7,15H. The highest BCUT2D eigenvalue weighted by Gasteiger charge is 2.11. The second-order valence-corrected chi connectivity index (χ2v) is 11.7.